The SMILES string of the molecule is CNC(CCN1CCC(C(C)C)CC1)C(=O)OC. The van der Waals surface area contributed by atoms with Crippen molar-refractivity contribution in [2.24, 2.45) is 11.8 Å². The highest BCUT2D eigenvalue weighted by Crippen LogP contribution is 2.24. The quantitative estimate of drug-likeness (QED) is 0.731. The van der Waals surface area contributed by atoms with Gasteiger partial charge in [0.1, 0.15) is 6.04 Å². The predicted octanol–water partition coefficient (Wildman–Crippen LogP) is 1.51. The van der Waals surface area contributed by atoms with E-state index in [1.807, 2.05) is 7.05 Å². The third-order valence-corrected chi connectivity index (χ3v) is 4.14. The molecule has 18 heavy (non-hydrogen) atoms. The first kappa shape index (κ1) is 15.4. The molecule has 1 unspecified atom stereocenters. The van der Waals surface area contributed by atoms with Gasteiger partial charge in [0.15, 0.2) is 0 Å². The maximum Gasteiger partial charge on any atom is 0.322 e. The van der Waals surface area contributed by atoms with Crippen LogP contribution in [0.4, 0.5) is 0 Å². The molecule has 1 heterocycles. The Labute approximate surface area is 111 Å². The summed E-state index contributed by atoms with van der Waals surface area (Å²) < 4.78 is 4.77. The van der Waals surface area contributed by atoms with Crippen LogP contribution in [0.2, 0.25) is 0 Å². The van der Waals surface area contributed by atoms with E-state index >= 15 is 0 Å². The van der Waals surface area contributed by atoms with Gasteiger partial charge in [0.2, 0.25) is 0 Å². The van der Waals surface area contributed by atoms with Crippen molar-refractivity contribution in [3.05, 3.63) is 0 Å². The molecule has 1 aliphatic rings. The van der Waals surface area contributed by atoms with Gasteiger partial charge in [-0.1, -0.05) is 13.8 Å². The average Bonchev–Trinajstić information content (AvgIpc) is 2.39. The first-order chi connectivity index (χ1) is 8.58. The fraction of sp³-hybridized carbons (Fsp3) is 0.929. The highest BCUT2D eigenvalue weighted by molar-refractivity contribution is 5.75. The Bertz CT molecular complexity index is 248. The molecule has 0 amide bonds. The third kappa shape index (κ3) is 4.58. The molecular weight excluding hydrogens is 228 g/mol. The molecule has 0 aromatic heterocycles. The number of nitrogens with one attached hydrogen (secondary N) is 1. The van der Waals surface area contributed by atoms with Gasteiger partial charge in [0.25, 0.3) is 0 Å². The predicted molar refractivity (Wildman–Crippen MR) is 73.5 cm³/mol. The number of methoxy groups -OCH3 is 1. The van der Waals surface area contributed by atoms with Crippen LogP contribution in [-0.4, -0.2) is 50.7 Å². The smallest absolute Gasteiger partial charge is 0.322 e. The summed E-state index contributed by atoms with van der Waals surface area (Å²) in [6, 6.07) is -0.169. The van der Waals surface area contributed by atoms with Crippen molar-refractivity contribution in [2.75, 3.05) is 33.8 Å². The van der Waals surface area contributed by atoms with Crippen molar-refractivity contribution in [1.29, 1.82) is 0 Å². The van der Waals surface area contributed by atoms with Gasteiger partial charge in [0, 0.05) is 6.54 Å². The molecule has 1 atom stereocenters. The minimum Gasteiger partial charge on any atom is -0.468 e. The van der Waals surface area contributed by atoms with Gasteiger partial charge in [-0.25, -0.2) is 0 Å². The summed E-state index contributed by atoms with van der Waals surface area (Å²) in [6.07, 6.45) is 3.41. The number of esters is 1. The monoisotopic (exact) mass is 256 g/mol. The Morgan fingerprint density at radius 1 is 1.39 bits per heavy atom. The number of ether oxygens (including phenoxy) is 1. The molecule has 0 spiro atoms. The Kier molecular flexibility index (Phi) is 6.65. The van der Waals surface area contributed by atoms with Crippen LogP contribution in [0, 0.1) is 11.8 Å². The zero-order valence-corrected chi connectivity index (χ0v) is 12.2. The Hall–Kier alpha value is -0.610. The minimum absolute atomic E-state index is 0.158. The lowest BCUT2D eigenvalue weighted by Crippen LogP contribution is -2.41. The van der Waals surface area contributed by atoms with Crippen molar-refractivity contribution in [1.82, 2.24) is 10.2 Å². The lowest BCUT2D eigenvalue weighted by Gasteiger charge is -2.34. The Morgan fingerprint density at radius 2 is 2.00 bits per heavy atom. The van der Waals surface area contributed by atoms with Gasteiger partial charge in [0.05, 0.1) is 7.11 Å². The van der Waals surface area contributed by atoms with Gasteiger partial charge in [-0.15, -0.1) is 0 Å². The van der Waals surface area contributed by atoms with E-state index in [2.05, 4.69) is 24.1 Å². The number of nitrogens with zero attached hydrogens (tertiary/aromatic N) is 1. The minimum atomic E-state index is -0.169. The lowest BCUT2D eigenvalue weighted by molar-refractivity contribution is -0.143. The molecule has 4 nitrogen and oxygen atoms in total. The summed E-state index contributed by atoms with van der Waals surface area (Å²) in [7, 11) is 3.26. The summed E-state index contributed by atoms with van der Waals surface area (Å²) >= 11 is 0. The van der Waals surface area contributed by atoms with Gasteiger partial charge >= 0.3 is 5.97 Å². The lowest BCUT2D eigenvalue weighted by atomic mass is 9.86. The number of hydrogen-bond acceptors (Lipinski definition) is 4. The summed E-state index contributed by atoms with van der Waals surface area (Å²) in [6.45, 7) is 7.94. The number of hydrogen-bond donors (Lipinski definition) is 1. The van der Waals surface area contributed by atoms with E-state index < -0.39 is 0 Å². The maximum atomic E-state index is 11.5. The molecule has 1 rings (SSSR count). The first-order valence-corrected chi connectivity index (χ1v) is 7.06. The zero-order valence-electron chi connectivity index (χ0n) is 12.2. The molecular formula is C14H28N2O2. The van der Waals surface area contributed by atoms with Crippen LogP contribution in [0.3, 0.4) is 0 Å². The van der Waals surface area contributed by atoms with Crippen LogP contribution >= 0.6 is 0 Å². The van der Waals surface area contributed by atoms with Crippen molar-refractivity contribution >= 4 is 5.97 Å². The van der Waals surface area contributed by atoms with Crippen LogP contribution in [0.1, 0.15) is 33.1 Å². The van der Waals surface area contributed by atoms with Crippen molar-refractivity contribution in [2.45, 2.75) is 39.2 Å². The molecule has 1 N–H and O–H groups in total. The van der Waals surface area contributed by atoms with Crippen LogP contribution in [0.15, 0.2) is 0 Å². The summed E-state index contributed by atoms with van der Waals surface area (Å²) in [5.74, 6) is 1.52. The molecule has 1 aliphatic heterocycles. The number of likely N-dealkylation sites (N-methyl/N-ethyl adjacent to an activating group) is 1. The van der Waals surface area contributed by atoms with E-state index in [0.29, 0.717) is 0 Å². The number of piperidine rings is 1. The highest BCUT2D eigenvalue weighted by atomic mass is 16.5. The fourth-order valence-corrected chi connectivity index (χ4v) is 2.68. The number of carbonyl (C=O) groups is 1. The van der Waals surface area contributed by atoms with Gasteiger partial charge in [-0.3, -0.25) is 4.79 Å². The van der Waals surface area contributed by atoms with E-state index in [0.717, 1.165) is 24.8 Å². The largest absolute Gasteiger partial charge is 0.468 e. The van der Waals surface area contributed by atoms with E-state index in [1.165, 1.54) is 33.0 Å². The summed E-state index contributed by atoms with van der Waals surface area (Å²) in [5, 5.41) is 3.02. The van der Waals surface area contributed by atoms with Gasteiger partial charge < -0.3 is 15.0 Å². The molecule has 0 saturated carbocycles. The standard InChI is InChI=1S/C14H28N2O2/c1-11(2)12-5-8-16(9-6-12)10-7-13(15-3)14(17)18-4/h11-13,15H,5-10H2,1-4H3. The number of carbonyl (C=O) groups excluding carboxylic acids is 1. The highest BCUT2D eigenvalue weighted by Gasteiger charge is 2.23. The normalized spacial score (nSPS) is 20.1. The summed E-state index contributed by atoms with van der Waals surface area (Å²) in [5.41, 5.74) is 0. The summed E-state index contributed by atoms with van der Waals surface area (Å²) in [4.78, 5) is 13.9. The van der Waals surface area contributed by atoms with E-state index in [-0.39, 0.29) is 12.0 Å². The molecule has 1 saturated heterocycles. The second-order valence-corrected chi connectivity index (χ2v) is 5.58. The van der Waals surface area contributed by atoms with Crippen molar-refractivity contribution in [3.63, 3.8) is 0 Å². The molecule has 0 radical (unpaired) electrons. The van der Waals surface area contributed by atoms with Gasteiger partial charge in [-0.2, -0.15) is 0 Å². The molecule has 0 bridgehead atoms. The third-order valence-electron chi connectivity index (χ3n) is 4.14. The molecule has 0 aromatic rings. The fourth-order valence-electron chi connectivity index (χ4n) is 2.68. The van der Waals surface area contributed by atoms with Crippen LogP contribution in [0.5, 0.6) is 0 Å². The topological polar surface area (TPSA) is 41.6 Å². The Balaban J connectivity index is 2.26. The molecule has 0 aliphatic carbocycles. The van der Waals surface area contributed by atoms with E-state index in [4.69, 9.17) is 4.74 Å². The Morgan fingerprint density at radius 3 is 2.44 bits per heavy atom. The maximum absolute atomic E-state index is 11.5. The first-order valence-electron chi connectivity index (χ1n) is 7.06. The average molecular weight is 256 g/mol. The second kappa shape index (κ2) is 7.74. The molecule has 0 aromatic carbocycles. The zero-order chi connectivity index (χ0) is 13.5. The number of likely N-dealkylation sites (tertiary alicyclic amines) is 1. The molecule has 1 fully saturated rings. The van der Waals surface area contributed by atoms with E-state index in [1.54, 1.807) is 0 Å². The molecule has 106 valence electrons. The van der Waals surface area contributed by atoms with Crippen molar-refractivity contribution in [3.8, 4) is 0 Å². The van der Waals surface area contributed by atoms with Crippen LogP contribution in [0.25, 0.3) is 0 Å². The van der Waals surface area contributed by atoms with Crippen LogP contribution < -0.4 is 5.32 Å². The number of rotatable bonds is 6. The molecule has 4 heteroatoms. The van der Waals surface area contributed by atoms with Crippen LogP contribution in [-0.2, 0) is 9.53 Å². The van der Waals surface area contributed by atoms with Crippen molar-refractivity contribution < 1.29 is 9.53 Å². The second-order valence-electron chi connectivity index (χ2n) is 5.58. The van der Waals surface area contributed by atoms with Gasteiger partial charge in [-0.05, 0) is 51.2 Å². The van der Waals surface area contributed by atoms with E-state index in [9.17, 15) is 4.79 Å².